The van der Waals surface area contributed by atoms with E-state index in [2.05, 4.69) is 4.98 Å². The minimum atomic E-state index is -3.97. The van der Waals surface area contributed by atoms with Gasteiger partial charge in [0.05, 0.1) is 5.25 Å². The Morgan fingerprint density at radius 3 is 2.64 bits per heavy atom. The van der Waals surface area contributed by atoms with Crippen LogP contribution in [0.3, 0.4) is 0 Å². The predicted molar refractivity (Wildman–Crippen MR) is 54.0 cm³/mol. The van der Waals surface area contributed by atoms with Gasteiger partial charge < -0.3 is 0 Å². The molecule has 0 saturated heterocycles. The first kappa shape index (κ1) is 11.4. The molecule has 0 aliphatic heterocycles. The summed E-state index contributed by atoms with van der Waals surface area (Å²) in [4.78, 5) is 3.80. The monoisotopic (exact) mass is 235 g/mol. The Kier molecular flexibility index (Phi) is 3.47. The summed E-state index contributed by atoms with van der Waals surface area (Å²) in [5.41, 5.74) is 0.722. The zero-order chi connectivity index (χ0) is 10.8. The summed E-state index contributed by atoms with van der Waals surface area (Å²) < 4.78 is 30.2. The van der Waals surface area contributed by atoms with Crippen LogP contribution in [0.25, 0.3) is 0 Å². The largest absolute Gasteiger partial charge is 0.285 e. The van der Waals surface area contributed by atoms with E-state index in [0.29, 0.717) is 5.15 Å². The molecule has 0 amide bonds. The van der Waals surface area contributed by atoms with Crippen LogP contribution in [0.15, 0.2) is 18.3 Å². The molecule has 1 aromatic rings. The quantitative estimate of drug-likeness (QED) is 0.638. The first-order chi connectivity index (χ1) is 6.39. The van der Waals surface area contributed by atoms with Gasteiger partial charge in [-0.1, -0.05) is 17.7 Å². The van der Waals surface area contributed by atoms with Crippen LogP contribution < -0.4 is 0 Å². The lowest BCUT2D eigenvalue weighted by Gasteiger charge is -2.07. The third kappa shape index (κ3) is 3.25. The number of hydrogen-bond donors (Lipinski definition) is 1. The van der Waals surface area contributed by atoms with Crippen LogP contribution >= 0.6 is 11.6 Å². The van der Waals surface area contributed by atoms with E-state index in [1.165, 1.54) is 13.1 Å². The van der Waals surface area contributed by atoms with Crippen molar-refractivity contribution in [2.75, 3.05) is 0 Å². The minimum Gasteiger partial charge on any atom is -0.285 e. The topological polar surface area (TPSA) is 67.3 Å². The van der Waals surface area contributed by atoms with Gasteiger partial charge in [0.1, 0.15) is 5.15 Å². The molecule has 0 fully saturated rings. The van der Waals surface area contributed by atoms with E-state index in [1.807, 2.05) is 0 Å². The van der Waals surface area contributed by atoms with Gasteiger partial charge in [0.25, 0.3) is 10.1 Å². The molecular weight excluding hydrogens is 226 g/mol. The summed E-state index contributed by atoms with van der Waals surface area (Å²) in [5, 5.41) is -0.473. The summed E-state index contributed by atoms with van der Waals surface area (Å²) in [6.07, 6.45) is 1.72. The molecule has 1 atom stereocenters. The van der Waals surface area contributed by atoms with Gasteiger partial charge in [-0.3, -0.25) is 4.55 Å². The van der Waals surface area contributed by atoms with Crippen LogP contribution in [0.4, 0.5) is 0 Å². The normalized spacial score (nSPS) is 13.9. The highest BCUT2D eigenvalue weighted by Gasteiger charge is 2.17. The van der Waals surface area contributed by atoms with E-state index in [0.717, 1.165) is 5.56 Å². The van der Waals surface area contributed by atoms with Crippen molar-refractivity contribution in [3.63, 3.8) is 0 Å². The third-order valence-corrected chi connectivity index (χ3v) is 3.23. The summed E-state index contributed by atoms with van der Waals surface area (Å²) >= 11 is 5.56. The average Bonchev–Trinajstić information content (AvgIpc) is 2.07. The van der Waals surface area contributed by atoms with Crippen LogP contribution in [0.1, 0.15) is 12.5 Å². The zero-order valence-corrected chi connectivity index (χ0v) is 9.09. The van der Waals surface area contributed by atoms with Crippen LogP contribution in [0, 0.1) is 0 Å². The third-order valence-electron chi connectivity index (χ3n) is 1.82. The molecule has 4 nitrogen and oxygen atoms in total. The fraction of sp³-hybridized carbons (Fsp3) is 0.375. The second kappa shape index (κ2) is 4.25. The Morgan fingerprint density at radius 2 is 2.21 bits per heavy atom. The Balaban J connectivity index is 2.75. The smallest absolute Gasteiger partial charge is 0.267 e. The van der Waals surface area contributed by atoms with E-state index in [-0.39, 0.29) is 6.42 Å². The van der Waals surface area contributed by atoms with Gasteiger partial charge in [-0.25, -0.2) is 4.98 Å². The second-order valence-electron chi connectivity index (χ2n) is 3.02. The molecule has 1 N–H and O–H groups in total. The Morgan fingerprint density at radius 1 is 1.57 bits per heavy atom. The number of rotatable bonds is 3. The first-order valence-corrected chi connectivity index (χ1v) is 5.84. The summed E-state index contributed by atoms with van der Waals surface area (Å²) in [6.45, 7) is 1.43. The molecule has 0 radical (unpaired) electrons. The Bertz CT molecular complexity index is 401. The van der Waals surface area contributed by atoms with Gasteiger partial charge in [0.15, 0.2) is 0 Å². The highest BCUT2D eigenvalue weighted by atomic mass is 35.5. The second-order valence-corrected chi connectivity index (χ2v) is 5.24. The Hall–Kier alpha value is -0.650. The lowest BCUT2D eigenvalue weighted by molar-refractivity contribution is 0.469. The van der Waals surface area contributed by atoms with E-state index in [4.69, 9.17) is 16.2 Å². The predicted octanol–water partition coefficient (Wildman–Crippen LogP) is 1.55. The summed E-state index contributed by atoms with van der Waals surface area (Å²) in [7, 11) is -3.97. The van der Waals surface area contributed by atoms with Crippen LogP contribution in [0.5, 0.6) is 0 Å². The van der Waals surface area contributed by atoms with Crippen molar-refractivity contribution in [3.05, 3.63) is 29.0 Å². The fourth-order valence-corrected chi connectivity index (χ4v) is 1.48. The van der Waals surface area contributed by atoms with Crippen LogP contribution in [-0.4, -0.2) is 23.2 Å². The highest BCUT2D eigenvalue weighted by molar-refractivity contribution is 7.86. The zero-order valence-electron chi connectivity index (χ0n) is 7.51. The molecule has 0 aliphatic rings. The van der Waals surface area contributed by atoms with Gasteiger partial charge in [0, 0.05) is 6.20 Å². The maximum atomic E-state index is 10.7. The van der Waals surface area contributed by atoms with Gasteiger partial charge in [-0.15, -0.1) is 0 Å². The van der Waals surface area contributed by atoms with Gasteiger partial charge in [-0.2, -0.15) is 8.42 Å². The van der Waals surface area contributed by atoms with Crippen LogP contribution in [-0.2, 0) is 16.5 Å². The lowest BCUT2D eigenvalue weighted by Crippen LogP contribution is -2.19. The van der Waals surface area contributed by atoms with E-state index >= 15 is 0 Å². The number of aromatic nitrogens is 1. The molecule has 1 heterocycles. The fourth-order valence-electron chi connectivity index (χ4n) is 0.964. The molecule has 0 saturated carbocycles. The number of pyridine rings is 1. The van der Waals surface area contributed by atoms with Crippen molar-refractivity contribution >= 4 is 21.7 Å². The first-order valence-electron chi connectivity index (χ1n) is 3.96. The van der Waals surface area contributed by atoms with Crippen molar-refractivity contribution in [1.82, 2.24) is 4.98 Å². The molecular formula is C8H10ClNO3S. The summed E-state index contributed by atoms with van der Waals surface area (Å²) in [6, 6.07) is 3.25. The van der Waals surface area contributed by atoms with E-state index < -0.39 is 15.4 Å². The van der Waals surface area contributed by atoms with Crippen molar-refractivity contribution < 1.29 is 13.0 Å². The van der Waals surface area contributed by atoms with Gasteiger partial charge in [-0.05, 0) is 25.0 Å². The average molecular weight is 236 g/mol. The van der Waals surface area contributed by atoms with Crippen LogP contribution in [0.2, 0.25) is 5.15 Å². The van der Waals surface area contributed by atoms with Crippen molar-refractivity contribution in [2.45, 2.75) is 18.6 Å². The van der Waals surface area contributed by atoms with Crippen molar-refractivity contribution in [2.24, 2.45) is 0 Å². The molecule has 6 heteroatoms. The maximum absolute atomic E-state index is 10.7. The summed E-state index contributed by atoms with van der Waals surface area (Å²) in [5.74, 6) is 0. The minimum absolute atomic E-state index is 0.225. The van der Waals surface area contributed by atoms with Crippen molar-refractivity contribution in [3.8, 4) is 0 Å². The molecule has 0 aliphatic carbocycles. The molecule has 1 rings (SSSR count). The molecule has 0 spiro atoms. The molecule has 0 bridgehead atoms. The molecule has 78 valence electrons. The van der Waals surface area contributed by atoms with Crippen molar-refractivity contribution in [1.29, 1.82) is 0 Å². The molecule has 1 unspecified atom stereocenters. The Labute approximate surface area is 87.7 Å². The highest BCUT2D eigenvalue weighted by Crippen LogP contribution is 2.10. The SMILES string of the molecule is CC(Cc1ccc(Cl)nc1)S(=O)(=O)O. The van der Waals surface area contributed by atoms with E-state index in [1.54, 1.807) is 12.1 Å². The number of nitrogens with zero attached hydrogens (tertiary/aromatic N) is 1. The molecule has 1 aromatic heterocycles. The van der Waals surface area contributed by atoms with E-state index in [9.17, 15) is 8.42 Å². The van der Waals surface area contributed by atoms with Gasteiger partial charge in [0.2, 0.25) is 0 Å². The number of hydrogen-bond acceptors (Lipinski definition) is 3. The van der Waals surface area contributed by atoms with Gasteiger partial charge >= 0.3 is 0 Å². The number of halogens is 1. The molecule has 14 heavy (non-hydrogen) atoms. The molecule has 0 aromatic carbocycles. The standard InChI is InChI=1S/C8H10ClNO3S/c1-6(14(11,12)13)4-7-2-3-8(9)10-5-7/h2-3,5-6H,4H2,1H3,(H,11,12,13). The maximum Gasteiger partial charge on any atom is 0.267 e. The lowest BCUT2D eigenvalue weighted by atomic mass is 10.2.